The highest BCUT2D eigenvalue weighted by Gasteiger charge is 2.06. The molecule has 124 valence electrons. The van der Waals surface area contributed by atoms with Gasteiger partial charge in [-0.3, -0.25) is 9.59 Å². The quantitative estimate of drug-likeness (QED) is 0.625. The van der Waals surface area contributed by atoms with Gasteiger partial charge in [-0.15, -0.1) is 0 Å². The van der Waals surface area contributed by atoms with Gasteiger partial charge >= 0.3 is 0 Å². The second-order valence-corrected chi connectivity index (χ2v) is 4.65. The third-order valence-electron chi connectivity index (χ3n) is 3.15. The molecule has 0 aliphatic rings. The van der Waals surface area contributed by atoms with E-state index in [0.717, 1.165) is 5.56 Å². The van der Waals surface area contributed by atoms with Crippen molar-refractivity contribution in [2.45, 2.75) is 0 Å². The lowest BCUT2D eigenvalue weighted by Crippen LogP contribution is -2.09. The van der Waals surface area contributed by atoms with Crippen molar-refractivity contribution < 1.29 is 23.8 Å². The second kappa shape index (κ2) is 8.38. The molecule has 6 nitrogen and oxygen atoms in total. The van der Waals surface area contributed by atoms with Crippen molar-refractivity contribution in [1.29, 1.82) is 0 Å². The van der Waals surface area contributed by atoms with Gasteiger partial charge in [0.1, 0.15) is 0 Å². The first-order valence-corrected chi connectivity index (χ1v) is 7.08. The Balaban J connectivity index is 2.10. The first-order valence-electron chi connectivity index (χ1n) is 7.08. The van der Waals surface area contributed by atoms with E-state index < -0.39 is 0 Å². The van der Waals surface area contributed by atoms with Crippen LogP contribution >= 0.6 is 0 Å². The number of carbonyl (C=O) groups is 2. The van der Waals surface area contributed by atoms with E-state index in [9.17, 15) is 9.59 Å². The number of benzene rings is 2. The Kier molecular flexibility index (Phi) is 5.96. The van der Waals surface area contributed by atoms with Crippen LogP contribution in [0, 0.1) is 0 Å². The topological polar surface area (TPSA) is 73.9 Å². The van der Waals surface area contributed by atoms with Gasteiger partial charge in [-0.2, -0.15) is 0 Å². The lowest BCUT2D eigenvalue weighted by molar-refractivity contribution is -0.120. The number of hydrogen-bond acceptors (Lipinski definition) is 5. The number of rotatable bonds is 7. The average Bonchev–Trinajstić information content (AvgIpc) is 2.61. The summed E-state index contributed by atoms with van der Waals surface area (Å²) >= 11 is 0. The summed E-state index contributed by atoms with van der Waals surface area (Å²) in [5.41, 5.74) is 1.19. The molecule has 0 spiro atoms. The molecule has 2 aromatic rings. The summed E-state index contributed by atoms with van der Waals surface area (Å²) in [6.07, 6.45) is 3.01. The van der Waals surface area contributed by atoms with Crippen molar-refractivity contribution in [3.63, 3.8) is 0 Å². The molecule has 1 amide bonds. The maximum Gasteiger partial charge on any atom is 0.298 e. The highest BCUT2D eigenvalue weighted by molar-refractivity contribution is 6.02. The van der Waals surface area contributed by atoms with Gasteiger partial charge in [-0.1, -0.05) is 18.2 Å². The smallest absolute Gasteiger partial charge is 0.298 e. The fourth-order valence-electron chi connectivity index (χ4n) is 2.03. The van der Waals surface area contributed by atoms with Crippen LogP contribution in [0.1, 0.15) is 5.56 Å². The summed E-state index contributed by atoms with van der Waals surface area (Å²) in [5, 5.41) is 2.65. The Morgan fingerprint density at radius 3 is 2.46 bits per heavy atom. The van der Waals surface area contributed by atoms with Gasteiger partial charge in [0, 0.05) is 6.08 Å². The molecule has 0 aliphatic heterocycles. The van der Waals surface area contributed by atoms with Crippen molar-refractivity contribution in [2.24, 2.45) is 0 Å². The SMILES string of the molecule is COc1ccc(/C=C/C(=O)Nc2ccccc2OC=O)cc1OC. The van der Waals surface area contributed by atoms with Crippen molar-refractivity contribution in [3.05, 3.63) is 54.1 Å². The number of ether oxygens (including phenoxy) is 3. The van der Waals surface area contributed by atoms with Crippen LogP contribution in [-0.2, 0) is 9.59 Å². The largest absolute Gasteiger partial charge is 0.493 e. The van der Waals surface area contributed by atoms with E-state index in [0.29, 0.717) is 23.7 Å². The molecule has 2 aromatic carbocycles. The van der Waals surface area contributed by atoms with E-state index in [2.05, 4.69) is 5.32 Å². The molecule has 0 radical (unpaired) electrons. The van der Waals surface area contributed by atoms with E-state index in [1.54, 1.807) is 62.8 Å². The summed E-state index contributed by atoms with van der Waals surface area (Å²) in [4.78, 5) is 22.5. The summed E-state index contributed by atoms with van der Waals surface area (Å²) in [5.74, 6) is 1.11. The van der Waals surface area contributed by atoms with E-state index in [4.69, 9.17) is 14.2 Å². The molecule has 0 aliphatic carbocycles. The van der Waals surface area contributed by atoms with E-state index >= 15 is 0 Å². The van der Waals surface area contributed by atoms with Crippen LogP contribution in [-0.4, -0.2) is 26.6 Å². The first-order chi connectivity index (χ1) is 11.7. The first kappa shape index (κ1) is 17.1. The van der Waals surface area contributed by atoms with Crippen molar-refractivity contribution in [1.82, 2.24) is 0 Å². The van der Waals surface area contributed by atoms with Gasteiger partial charge in [-0.25, -0.2) is 0 Å². The predicted octanol–water partition coefficient (Wildman–Crippen LogP) is 2.89. The van der Waals surface area contributed by atoms with Gasteiger partial charge in [0.15, 0.2) is 17.2 Å². The molecular weight excluding hydrogens is 310 g/mol. The minimum absolute atomic E-state index is 0.278. The molecule has 24 heavy (non-hydrogen) atoms. The fourth-order valence-corrected chi connectivity index (χ4v) is 2.03. The maximum atomic E-state index is 12.0. The number of anilines is 1. The van der Waals surface area contributed by atoms with E-state index in [1.807, 2.05) is 0 Å². The van der Waals surface area contributed by atoms with Crippen LogP contribution in [0.2, 0.25) is 0 Å². The maximum absolute atomic E-state index is 12.0. The lowest BCUT2D eigenvalue weighted by Gasteiger charge is -2.08. The zero-order valence-corrected chi connectivity index (χ0v) is 13.3. The lowest BCUT2D eigenvalue weighted by atomic mass is 10.2. The molecule has 0 bridgehead atoms. The number of methoxy groups -OCH3 is 2. The van der Waals surface area contributed by atoms with Gasteiger partial charge in [0.25, 0.3) is 6.47 Å². The molecular formula is C18H17NO5. The minimum Gasteiger partial charge on any atom is -0.493 e. The molecule has 0 heterocycles. The number of para-hydroxylation sites is 2. The van der Waals surface area contributed by atoms with Crippen LogP contribution in [0.3, 0.4) is 0 Å². The summed E-state index contributed by atoms with van der Waals surface area (Å²) in [7, 11) is 3.10. The summed E-state index contributed by atoms with van der Waals surface area (Å²) < 4.78 is 15.2. The van der Waals surface area contributed by atoms with Gasteiger partial charge in [-0.05, 0) is 35.9 Å². The third-order valence-corrected chi connectivity index (χ3v) is 3.15. The second-order valence-electron chi connectivity index (χ2n) is 4.65. The van der Waals surface area contributed by atoms with E-state index in [-0.39, 0.29) is 11.7 Å². The Labute approximate surface area is 139 Å². The summed E-state index contributed by atoms with van der Waals surface area (Å²) in [6.45, 7) is 0.310. The van der Waals surface area contributed by atoms with Crippen LogP contribution in [0.4, 0.5) is 5.69 Å². The zero-order chi connectivity index (χ0) is 17.4. The molecule has 0 fully saturated rings. The van der Waals surface area contributed by atoms with Gasteiger partial charge < -0.3 is 19.5 Å². The third kappa shape index (κ3) is 4.36. The molecule has 0 atom stereocenters. The van der Waals surface area contributed by atoms with Crippen molar-refractivity contribution in [2.75, 3.05) is 19.5 Å². The van der Waals surface area contributed by atoms with Crippen molar-refractivity contribution >= 4 is 24.1 Å². The Hall–Kier alpha value is -3.28. The zero-order valence-electron chi connectivity index (χ0n) is 13.3. The minimum atomic E-state index is -0.355. The van der Waals surface area contributed by atoms with Crippen LogP contribution in [0.5, 0.6) is 17.2 Å². The highest BCUT2D eigenvalue weighted by atomic mass is 16.5. The number of carbonyl (C=O) groups excluding carboxylic acids is 2. The van der Waals surface area contributed by atoms with Gasteiger partial charge in [0.2, 0.25) is 5.91 Å². The van der Waals surface area contributed by atoms with Gasteiger partial charge in [0.05, 0.1) is 19.9 Å². The molecule has 6 heteroatoms. The monoisotopic (exact) mass is 327 g/mol. The molecule has 2 rings (SSSR count). The number of amides is 1. The fraction of sp³-hybridized carbons (Fsp3) is 0.111. The number of hydrogen-bond donors (Lipinski definition) is 1. The molecule has 0 unspecified atom stereocenters. The van der Waals surface area contributed by atoms with Crippen LogP contribution in [0.25, 0.3) is 6.08 Å². The van der Waals surface area contributed by atoms with Crippen molar-refractivity contribution in [3.8, 4) is 17.2 Å². The molecule has 0 aromatic heterocycles. The summed E-state index contributed by atoms with van der Waals surface area (Å²) in [6, 6.07) is 12.0. The average molecular weight is 327 g/mol. The normalized spacial score (nSPS) is 10.2. The Morgan fingerprint density at radius 1 is 1.00 bits per heavy atom. The van der Waals surface area contributed by atoms with Crippen LogP contribution in [0.15, 0.2) is 48.5 Å². The van der Waals surface area contributed by atoms with E-state index in [1.165, 1.54) is 6.08 Å². The standard InChI is InChI=1S/C18H17NO5/c1-22-16-9-7-13(11-17(16)23-2)8-10-18(21)19-14-5-3-4-6-15(14)24-12-20/h3-12H,1-2H3,(H,19,21)/b10-8+. The molecule has 0 saturated carbocycles. The van der Waals surface area contributed by atoms with Crippen LogP contribution < -0.4 is 19.5 Å². The molecule has 1 N–H and O–H groups in total. The Bertz CT molecular complexity index is 755. The Morgan fingerprint density at radius 2 is 1.75 bits per heavy atom. The molecule has 0 saturated heterocycles. The number of nitrogens with one attached hydrogen (secondary N) is 1. The highest BCUT2D eigenvalue weighted by Crippen LogP contribution is 2.28. The predicted molar refractivity (Wildman–Crippen MR) is 90.3 cm³/mol.